The number of nitrogens with zero attached hydrogens (tertiary/aromatic N) is 5. The molecule has 0 spiro atoms. The van der Waals surface area contributed by atoms with Gasteiger partial charge in [-0.15, -0.1) is 22.7 Å². The Balaban J connectivity index is 1.18. The fourth-order valence-corrected chi connectivity index (χ4v) is 10.3. The van der Waals surface area contributed by atoms with Crippen molar-refractivity contribution >= 4 is 55.7 Å². The summed E-state index contributed by atoms with van der Waals surface area (Å²) in [5.41, 5.74) is 7.02. The first kappa shape index (κ1) is 32.6. The van der Waals surface area contributed by atoms with Gasteiger partial charge in [0.25, 0.3) is 0 Å². The van der Waals surface area contributed by atoms with Crippen LogP contribution in [0.15, 0.2) is 36.4 Å². The van der Waals surface area contributed by atoms with E-state index in [1.807, 2.05) is 18.7 Å². The number of aryl methyl sites for hydroxylation is 2. The fourth-order valence-electron chi connectivity index (χ4n) is 8.33. The van der Waals surface area contributed by atoms with Gasteiger partial charge in [-0.1, -0.05) is 31.4 Å². The maximum atomic E-state index is 14.2. The number of ether oxygens (including phenoxy) is 1. The Hall–Kier alpha value is -3.64. The lowest BCUT2D eigenvalue weighted by Gasteiger charge is -2.40. The largest absolute Gasteiger partial charge is 0.477 e. The molecule has 0 radical (unpaired) electrons. The predicted octanol–water partition coefficient (Wildman–Crippen LogP) is 7.73. The number of thiophene rings is 1. The van der Waals surface area contributed by atoms with E-state index in [4.69, 9.17) is 9.72 Å². The van der Waals surface area contributed by atoms with Gasteiger partial charge >= 0.3 is 5.97 Å². The number of aromatic carboxylic acids is 1. The molecule has 1 saturated carbocycles. The summed E-state index contributed by atoms with van der Waals surface area (Å²) in [4.78, 5) is 42.0. The molecule has 0 atom stereocenters. The molecule has 1 N–H and O–H groups in total. The molecule has 8 rings (SSSR count). The summed E-state index contributed by atoms with van der Waals surface area (Å²) in [6.45, 7) is 9.22. The van der Waals surface area contributed by atoms with Crippen molar-refractivity contribution in [2.24, 2.45) is 0 Å². The molecule has 1 aromatic carbocycles. The van der Waals surface area contributed by atoms with Crippen LogP contribution < -0.4 is 0 Å². The van der Waals surface area contributed by atoms with E-state index >= 15 is 0 Å². The zero-order valence-electron chi connectivity index (χ0n) is 28.2. The molecule has 2 saturated heterocycles. The van der Waals surface area contributed by atoms with Crippen LogP contribution >= 0.6 is 22.7 Å². The molecule has 1 amide bonds. The van der Waals surface area contributed by atoms with Crippen LogP contribution in [0.25, 0.3) is 42.9 Å². The van der Waals surface area contributed by atoms with Crippen LogP contribution in [-0.4, -0.2) is 86.8 Å². The van der Waals surface area contributed by atoms with E-state index in [1.165, 1.54) is 23.3 Å². The molecule has 5 aromatic rings. The number of likely N-dealkylation sites (tertiary alicyclic amines) is 1. The van der Waals surface area contributed by atoms with Crippen molar-refractivity contribution in [3.8, 4) is 21.8 Å². The number of piperidine rings is 1. The number of pyridine rings is 1. The van der Waals surface area contributed by atoms with Crippen LogP contribution in [0.3, 0.4) is 0 Å². The minimum atomic E-state index is -0.917. The maximum absolute atomic E-state index is 14.2. The molecule has 11 heteroatoms. The number of rotatable bonds is 7. The number of hydrogen-bond donors (Lipinski definition) is 1. The summed E-state index contributed by atoms with van der Waals surface area (Å²) in [5, 5.41) is 12.1. The van der Waals surface area contributed by atoms with E-state index in [1.54, 1.807) is 17.4 Å². The Kier molecular flexibility index (Phi) is 9.02. The number of amides is 1. The van der Waals surface area contributed by atoms with Gasteiger partial charge in [0.1, 0.15) is 11.4 Å². The molecule has 2 aliphatic heterocycles. The number of hydrogen-bond acceptors (Lipinski definition) is 8. The first-order chi connectivity index (χ1) is 23.8. The lowest BCUT2D eigenvalue weighted by molar-refractivity contribution is -0.133. The second kappa shape index (κ2) is 13.6. The van der Waals surface area contributed by atoms with E-state index in [2.05, 4.69) is 44.8 Å². The number of carboxylic acids is 1. The van der Waals surface area contributed by atoms with E-state index in [9.17, 15) is 14.7 Å². The number of benzene rings is 1. The second-order valence-electron chi connectivity index (χ2n) is 13.8. The average Bonchev–Trinajstić information content (AvgIpc) is 3.80. The summed E-state index contributed by atoms with van der Waals surface area (Å²) in [6, 6.07) is 12.9. The topological polar surface area (TPSA) is 101 Å². The van der Waals surface area contributed by atoms with Gasteiger partial charge in [-0.25, -0.2) is 14.8 Å². The molecule has 49 heavy (non-hydrogen) atoms. The van der Waals surface area contributed by atoms with Crippen molar-refractivity contribution in [3.05, 3.63) is 57.5 Å². The Morgan fingerprint density at radius 1 is 0.918 bits per heavy atom. The number of carbonyl (C=O) groups is 2. The monoisotopic (exact) mass is 697 g/mol. The van der Waals surface area contributed by atoms with Crippen molar-refractivity contribution in [1.29, 1.82) is 0 Å². The van der Waals surface area contributed by atoms with Gasteiger partial charge < -0.3 is 19.3 Å². The summed E-state index contributed by atoms with van der Waals surface area (Å²) in [6.07, 6.45) is 7.62. The highest BCUT2D eigenvalue weighted by Crippen LogP contribution is 2.47. The van der Waals surface area contributed by atoms with Crippen LogP contribution in [0.2, 0.25) is 0 Å². The lowest BCUT2D eigenvalue weighted by atomic mass is 9.83. The molecule has 6 heterocycles. The van der Waals surface area contributed by atoms with Crippen LogP contribution in [0.1, 0.15) is 76.8 Å². The molecule has 4 aromatic heterocycles. The summed E-state index contributed by atoms with van der Waals surface area (Å²) >= 11 is 3.03. The maximum Gasteiger partial charge on any atom is 0.345 e. The first-order valence-electron chi connectivity index (χ1n) is 17.7. The molecule has 1 aliphatic carbocycles. The Morgan fingerprint density at radius 3 is 2.41 bits per heavy atom. The molecule has 0 unspecified atom stereocenters. The van der Waals surface area contributed by atoms with E-state index in [0.717, 1.165) is 132 Å². The summed E-state index contributed by atoms with van der Waals surface area (Å²) in [5.74, 6) is -0.501. The summed E-state index contributed by atoms with van der Waals surface area (Å²) in [7, 11) is 0. The molecule has 0 bridgehead atoms. The van der Waals surface area contributed by atoms with Gasteiger partial charge in [0, 0.05) is 37.6 Å². The molecule has 3 aliphatic rings. The van der Waals surface area contributed by atoms with Gasteiger partial charge in [-0.2, -0.15) is 0 Å². The molecule has 9 nitrogen and oxygen atoms in total. The Bertz CT molecular complexity index is 2030. The quantitative estimate of drug-likeness (QED) is 0.186. The third-order valence-electron chi connectivity index (χ3n) is 10.8. The Morgan fingerprint density at radius 2 is 1.69 bits per heavy atom. The number of morpholine rings is 1. The number of thiazole rings is 1. The third-order valence-corrected chi connectivity index (χ3v) is 13.0. The SMILES string of the molecule is Cc1nc(C)c(-c2ccc3cc(-c4c(C5CCCCC5)c5sc(C(=O)O)cc5n4CC(=O)N4CCC(N5CCOCC5)CC4)ccc3n2)s1. The van der Waals surface area contributed by atoms with Crippen LogP contribution in [0.5, 0.6) is 0 Å². The predicted molar refractivity (Wildman–Crippen MR) is 196 cm³/mol. The Labute approximate surface area is 294 Å². The van der Waals surface area contributed by atoms with Crippen molar-refractivity contribution in [2.75, 3.05) is 39.4 Å². The van der Waals surface area contributed by atoms with Crippen LogP contribution in [-0.2, 0) is 16.1 Å². The second-order valence-corrected chi connectivity index (χ2v) is 16.1. The zero-order chi connectivity index (χ0) is 33.6. The van der Waals surface area contributed by atoms with Crippen LogP contribution in [0, 0.1) is 13.8 Å². The molecular weight excluding hydrogens is 655 g/mol. The standard InChI is InChI=1S/C38H43N5O4S2/c1-23-36(48-24(2)39-23)30-11-8-26-20-27(9-10-29(26)40-30)35-34(25-6-4-3-5-7-25)37-31(21-32(49-37)38(45)46)43(35)22-33(44)42-14-12-28(13-15-42)41-16-18-47-19-17-41/h8-11,20-21,25,28H,3-7,12-19,22H2,1-2H3,(H,45,46). The van der Waals surface area contributed by atoms with Crippen LogP contribution in [0.4, 0.5) is 0 Å². The third kappa shape index (κ3) is 6.30. The highest BCUT2D eigenvalue weighted by Gasteiger charge is 2.32. The van der Waals surface area contributed by atoms with Gasteiger partial charge in [0.15, 0.2) is 0 Å². The average molecular weight is 698 g/mol. The number of fused-ring (bicyclic) bond motifs is 2. The number of carbonyl (C=O) groups excluding carboxylic acids is 1. The van der Waals surface area contributed by atoms with E-state index in [0.29, 0.717) is 16.8 Å². The lowest BCUT2D eigenvalue weighted by Crippen LogP contribution is -2.50. The summed E-state index contributed by atoms with van der Waals surface area (Å²) < 4.78 is 8.72. The van der Waals surface area contributed by atoms with Crippen molar-refractivity contribution < 1.29 is 19.4 Å². The number of aromatic nitrogens is 3. The van der Waals surface area contributed by atoms with Gasteiger partial charge in [0.05, 0.1) is 55.9 Å². The van der Waals surface area contributed by atoms with Crippen molar-refractivity contribution in [1.82, 2.24) is 24.3 Å². The minimum absolute atomic E-state index is 0.0964. The first-order valence-corrected chi connectivity index (χ1v) is 19.3. The highest BCUT2D eigenvalue weighted by molar-refractivity contribution is 7.21. The fraction of sp³-hybridized carbons (Fsp3) is 0.474. The van der Waals surface area contributed by atoms with Gasteiger partial charge in [-0.05, 0) is 80.8 Å². The van der Waals surface area contributed by atoms with Gasteiger partial charge in [-0.3, -0.25) is 9.69 Å². The van der Waals surface area contributed by atoms with E-state index < -0.39 is 5.97 Å². The van der Waals surface area contributed by atoms with Crippen molar-refractivity contribution in [2.45, 2.75) is 77.3 Å². The molecule has 3 fully saturated rings. The van der Waals surface area contributed by atoms with Crippen molar-refractivity contribution in [3.63, 3.8) is 0 Å². The zero-order valence-corrected chi connectivity index (χ0v) is 29.9. The minimum Gasteiger partial charge on any atom is -0.477 e. The van der Waals surface area contributed by atoms with Gasteiger partial charge in [0.2, 0.25) is 5.91 Å². The molecule has 256 valence electrons. The highest BCUT2D eigenvalue weighted by atomic mass is 32.1. The number of carboxylic acid groups (broad SMARTS) is 1. The molecular formula is C38H43N5O4S2. The normalized spacial score (nSPS) is 18.5. The van der Waals surface area contributed by atoms with E-state index in [-0.39, 0.29) is 12.5 Å². The smallest absolute Gasteiger partial charge is 0.345 e.